The van der Waals surface area contributed by atoms with E-state index in [4.69, 9.17) is 11.6 Å². The first-order valence-electron chi connectivity index (χ1n) is 9.12. The molecule has 0 aliphatic carbocycles. The summed E-state index contributed by atoms with van der Waals surface area (Å²) in [6, 6.07) is 15.7. The Balaban J connectivity index is 1.69. The fraction of sp³-hybridized carbons (Fsp3) is 0.0476. The Morgan fingerprint density at radius 3 is 2.31 bits per heavy atom. The summed E-state index contributed by atoms with van der Waals surface area (Å²) in [4.78, 5) is 29.3. The molecule has 0 saturated carbocycles. The summed E-state index contributed by atoms with van der Waals surface area (Å²) in [7, 11) is 0. The van der Waals surface area contributed by atoms with Crippen LogP contribution >= 0.6 is 11.6 Å². The largest absolute Gasteiger partial charge is 0.417 e. The van der Waals surface area contributed by atoms with Crippen molar-refractivity contribution in [2.45, 2.75) is 6.18 Å². The van der Waals surface area contributed by atoms with Crippen LogP contribution in [0.5, 0.6) is 0 Å². The lowest BCUT2D eigenvalue weighted by atomic mass is 10.1. The highest BCUT2D eigenvalue weighted by Crippen LogP contribution is 2.32. The number of amides is 1. The van der Waals surface area contributed by atoms with E-state index in [2.05, 4.69) is 20.9 Å². The minimum Gasteiger partial charge on any atom is -0.280 e. The van der Waals surface area contributed by atoms with Gasteiger partial charge in [-0.1, -0.05) is 48.0 Å². The number of hydrazine groups is 1. The second-order valence-corrected chi connectivity index (χ2v) is 6.99. The molecule has 2 heterocycles. The number of hydrogen-bond donors (Lipinski definition) is 2. The van der Waals surface area contributed by atoms with Crippen molar-refractivity contribution in [2.75, 3.05) is 5.43 Å². The van der Waals surface area contributed by atoms with Gasteiger partial charge in [-0.15, -0.1) is 0 Å². The SMILES string of the molecule is O=C(NNc1ncc(C(F)(F)F)cc1Cl)c1nn(-c2ccccc2)c(=O)c2ccccc12. The molecular formula is C21H13ClF3N5O2. The summed E-state index contributed by atoms with van der Waals surface area (Å²) in [5.74, 6) is -0.933. The van der Waals surface area contributed by atoms with Gasteiger partial charge >= 0.3 is 6.18 Å². The molecule has 0 spiro atoms. The Labute approximate surface area is 183 Å². The van der Waals surface area contributed by atoms with Gasteiger partial charge in [0.15, 0.2) is 11.5 Å². The van der Waals surface area contributed by atoms with Crippen LogP contribution in [0.4, 0.5) is 19.0 Å². The number of rotatable bonds is 4. The molecule has 2 aromatic carbocycles. The maximum atomic E-state index is 12.9. The van der Waals surface area contributed by atoms with E-state index in [1.165, 1.54) is 0 Å². The van der Waals surface area contributed by atoms with Gasteiger partial charge in [-0.05, 0) is 24.3 Å². The third kappa shape index (κ3) is 4.12. The summed E-state index contributed by atoms with van der Waals surface area (Å²) >= 11 is 5.85. The van der Waals surface area contributed by atoms with Crippen LogP contribution in [0, 0.1) is 0 Å². The maximum absolute atomic E-state index is 12.9. The zero-order chi connectivity index (χ0) is 22.9. The second-order valence-electron chi connectivity index (χ2n) is 6.58. The molecule has 0 fully saturated rings. The van der Waals surface area contributed by atoms with E-state index in [-0.39, 0.29) is 21.9 Å². The van der Waals surface area contributed by atoms with Crippen molar-refractivity contribution in [1.82, 2.24) is 20.2 Å². The number of carbonyl (C=O) groups is 1. The number of nitrogens with one attached hydrogen (secondary N) is 2. The van der Waals surface area contributed by atoms with Gasteiger partial charge in [0.05, 0.1) is 21.7 Å². The molecule has 0 aliphatic heterocycles. The number of anilines is 1. The predicted molar refractivity (Wildman–Crippen MR) is 113 cm³/mol. The highest BCUT2D eigenvalue weighted by Gasteiger charge is 2.31. The summed E-state index contributed by atoms with van der Waals surface area (Å²) in [6.07, 6.45) is -4.02. The van der Waals surface area contributed by atoms with Gasteiger partial charge < -0.3 is 0 Å². The zero-order valence-electron chi connectivity index (χ0n) is 16.0. The number of fused-ring (bicyclic) bond motifs is 1. The summed E-state index contributed by atoms with van der Waals surface area (Å²) in [5.41, 5.74) is 3.63. The molecule has 0 aliphatic rings. The van der Waals surface area contributed by atoms with Crippen molar-refractivity contribution in [2.24, 2.45) is 0 Å². The van der Waals surface area contributed by atoms with E-state index in [1.54, 1.807) is 54.6 Å². The molecule has 32 heavy (non-hydrogen) atoms. The van der Waals surface area contributed by atoms with Crippen LogP contribution in [0.2, 0.25) is 5.02 Å². The smallest absolute Gasteiger partial charge is 0.280 e. The lowest BCUT2D eigenvalue weighted by molar-refractivity contribution is -0.137. The number of benzene rings is 2. The van der Waals surface area contributed by atoms with Crippen LogP contribution in [-0.4, -0.2) is 20.7 Å². The van der Waals surface area contributed by atoms with Gasteiger partial charge in [0.2, 0.25) is 0 Å². The zero-order valence-corrected chi connectivity index (χ0v) is 16.8. The van der Waals surface area contributed by atoms with E-state index in [0.717, 1.165) is 4.68 Å². The fourth-order valence-electron chi connectivity index (χ4n) is 2.96. The van der Waals surface area contributed by atoms with E-state index in [9.17, 15) is 22.8 Å². The number of aromatic nitrogens is 3. The Bertz CT molecular complexity index is 1370. The number of halogens is 4. The van der Waals surface area contributed by atoms with Crippen LogP contribution in [-0.2, 0) is 6.18 Å². The number of pyridine rings is 1. The van der Waals surface area contributed by atoms with E-state index in [0.29, 0.717) is 23.3 Å². The van der Waals surface area contributed by atoms with Gasteiger partial charge in [0, 0.05) is 11.6 Å². The molecule has 2 aromatic heterocycles. The van der Waals surface area contributed by atoms with Crippen LogP contribution in [0.1, 0.15) is 16.1 Å². The van der Waals surface area contributed by atoms with Gasteiger partial charge in [-0.25, -0.2) is 4.98 Å². The third-order valence-corrected chi connectivity index (χ3v) is 4.77. The van der Waals surface area contributed by atoms with Gasteiger partial charge in [0.1, 0.15) is 0 Å². The first kappa shape index (κ1) is 21.3. The van der Waals surface area contributed by atoms with Crippen molar-refractivity contribution in [3.8, 4) is 5.69 Å². The first-order chi connectivity index (χ1) is 15.3. The minimum atomic E-state index is -4.60. The highest BCUT2D eigenvalue weighted by atomic mass is 35.5. The summed E-state index contributed by atoms with van der Waals surface area (Å²) in [5, 5.41) is 4.43. The maximum Gasteiger partial charge on any atom is 0.417 e. The Morgan fingerprint density at radius 2 is 1.66 bits per heavy atom. The van der Waals surface area contributed by atoms with Gasteiger partial charge in [-0.3, -0.25) is 20.4 Å². The minimum absolute atomic E-state index is 0.0837. The third-order valence-electron chi connectivity index (χ3n) is 4.48. The number of para-hydroxylation sites is 1. The van der Waals surface area contributed by atoms with Gasteiger partial charge in [0.25, 0.3) is 11.5 Å². The van der Waals surface area contributed by atoms with Crippen LogP contribution in [0.15, 0.2) is 71.7 Å². The van der Waals surface area contributed by atoms with Gasteiger partial charge in [-0.2, -0.15) is 23.0 Å². The number of carbonyl (C=O) groups excluding carboxylic acids is 1. The molecule has 11 heteroatoms. The normalized spacial score (nSPS) is 11.4. The standard InChI is InChI=1S/C21H13ClF3N5O2/c22-16-10-12(21(23,24)25)11-26-18(16)27-28-19(31)17-14-8-4-5-9-15(14)20(32)30(29-17)13-6-2-1-3-7-13/h1-11H,(H,26,27)(H,28,31). The number of nitrogens with zero attached hydrogens (tertiary/aromatic N) is 3. The molecule has 0 radical (unpaired) electrons. The number of alkyl halides is 3. The molecule has 0 unspecified atom stereocenters. The second kappa shape index (κ2) is 8.31. The van der Waals surface area contributed by atoms with Crippen molar-refractivity contribution < 1.29 is 18.0 Å². The topological polar surface area (TPSA) is 88.9 Å². The van der Waals surface area contributed by atoms with Crippen molar-refractivity contribution in [3.05, 3.63) is 93.5 Å². The molecule has 2 N–H and O–H groups in total. The molecule has 4 rings (SSSR count). The number of hydrogen-bond acceptors (Lipinski definition) is 5. The Hall–Kier alpha value is -3.92. The molecule has 162 valence electrons. The van der Waals surface area contributed by atoms with E-state index >= 15 is 0 Å². The van der Waals surface area contributed by atoms with Crippen LogP contribution in [0.3, 0.4) is 0 Å². The lowest BCUT2D eigenvalue weighted by Crippen LogP contribution is -2.33. The molecule has 0 saturated heterocycles. The Morgan fingerprint density at radius 1 is 1.00 bits per heavy atom. The fourth-order valence-corrected chi connectivity index (χ4v) is 3.18. The Kier molecular flexibility index (Phi) is 5.54. The first-order valence-corrected chi connectivity index (χ1v) is 9.50. The highest BCUT2D eigenvalue weighted by molar-refractivity contribution is 6.33. The molecule has 1 amide bonds. The average Bonchev–Trinajstić information content (AvgIpc) is 2.78. The molecule has 4 aromatic rings. The van der Waals surface area contributed by atoms with Crippen LogP contribution in [0.25, 0.3) is 16.5 Å². The lowest BCUT2D eigenvalue weighted by Gasteiger charge is -2.13. The molecular weight excluding hydrogens is 447 g/mol. The summed E-state index contributed by atoms with van der Waals surface area (Å²) < 4.78 is 39.4. The van der Waals surface area contributed by atoms with Crippen molar-refractivity contribution in [1.29, 1.82) is 0 Å². The van der Waals surface area contributed by atoms with E-state index in [1.807, 2.05) is 0 Å². The molecule has 0 atom stereocenters. The van der Waals surface area contributed by atoms with E-state index < -0.39 is 23.2 Å². The van der Waals surface area contributed by atoms with Crippen molar-refractivity contribution >= 4 is 34.1 Å². The molecule has 0 bridgehead atoms. The quantitative estimate of drug-likeness (QED) is 0.446. The summed E-state index contributed by atoms with van der Waals surface area (Å²) in [6.45, 7) is 0. The monoisotopic (exact) mass is 459 g/mol. The molecule has 7 nitrogen and oxygen atoms in total. The van der Waals surface area contributed by atoms with Crippen molar-refractivity contribution in [3.63, 3.8) is 0 Å². The predicted octanol–water partition coefficient (Wildman–Crippen LogP) is 4.21. The van der Waals surface area contributed by atoms with Crippen LogP contribution < -0.4 is 16.4 Å². The average molecular weight is 460 g/mol.